The van der Waals surface area contributed by atoms with E-state index in [0.29, 0.717) is 42.9 Å². The van der Waals surface area contributed by atoms with Crippen molar-refractivity contribution in [3.63, 3.8) is 0 Å². The van der Waals surface area contributed by atoms with E-state index in [4.69, 9.17) is 13.6 Å². The number of hydrogen-bond donors (Lipinski definition) is 0. The number of carbonyl (C=O) groups is 2. The second kappa shape index (κ2) is 11.3. The van der Waals surface area contributed by atoms with E-state index >= 15 is 0 Å². The number of aromatic nitrogens is 2. The molecule has 44 heavy (non-hydrogen) atoms. The van der Waals surface area contributed by atoms with Gasteiger partial charge in [-0.25, -0.2) is 4.79 Å². The summed E-state index contributed by atoms with van der Waals surface area (Å²) in [6.07, 6.45) is -1.26. The van der Waals surface area contributed by atoms with E-state index in [-0.39, 0.29) is 35.9 Å². The monoisotopic (exact) mass is 620 g/mol. The summed E-state index contributed by atoms with van der Waals surface area (Å²) < 4.78 is 76.8. The number of ether oxygens (including phenoxy) is 2. The molecule has 240 valence electrons. The molecule has 4 atom stereocenters. The highest BCUT2D eigenvalue weighted by atomic mass is 19.4. The number of nitrogens with zero attached hydrogens (tertiary/aromatic N) is 5. The van der Waals surface area contributed by atoms with Gasteiger partial charge in [-0.1, -0.05) is 12.1 Å². The zero-order chi connectivity index (χ0) is 34.1. The van der Waals surface area contributed by atoms with Crippen molar-refractivity contribution in [1.82, 2.24) is 24.5 Å². The molecule has 1 saturated carbocycles. The molecule has 4 aliphatic rings. The SMILES string of the molecule is [2H]C([2H])([2H])Oc1cccc([C@H]2[C@@H](N3C4CCC3CN(C(=O)OC(C)(C)C)C4)CCN2C(=O)Cn2nc(C3CC3)cc2C(F)(F)F)c1C. The topological polar surface area (TPSA) is 80.1 Å². The zero-order valence-corrected chi connectivity index (χ0v) is 25.6. The molecule has 6 rings (SSSR count). The maximum Gasteiger partial charge on any atom is 0.433 e. The van der Waals surface area contributed by atoms with Crippen LogP contribution in [0.5, 0.6) is 5.75 Å². The second-order valence-electron chi connectivity index (χ2n) is 13.6. The molecule has 2 bridgehead atoms. The first-order chi connectivity index (χ1) is 21.9. The third kappa shape index (κ3) is 5.89. The van der Waals surface area contributed by atoms with Crippen LogP contribution in [0.15, 0.2) is 24.3 Å². The van der Waals surface area contributed by atoms with E-state index in [0.717, 1.165) is 36.4 Å². The number of carbonyl (C=O) groups excluding carboxylic acids is 2. The van der Waals surface area contributed by atoms with Crippen molar-refractivity contribution in [3.05, 3.63) is 46.8 Å². The number of rotatable bonds is 6. The molecule has 12 heteroatoms. The highest BCUT2D eigenvalue weighted by Gasteiger charge is 2.51. The highest BCUT2D eigenvalue weighted by Crippen LogP contribution is 2.45. The lowest BCUT2D eigenvalue weighted by atomic mass is 9.92. The lowest BCUT2D eigenvalue weighted by Gasteiger charge is -2.46. The van der Waals surface area contributed by atoms with E-state index in [1.807, 2.05) is 26.8 Å². The molecule has 1 aromatic carbocycles. The Morgan fingerprint density at radius 3 is 2.39 bits per heavy atom. The van der Waals surface area contributed by atoms with E-state index in [2.05, 4.69) is 10.00 Å². The number of amides is 2. The van der Waals surface area contributed by atoms with Crippen LogP contribution in [0.3, 0.4) is 0 Å². The van der Waals surface area contributed by atoms with Crippen molar-refractivity contribution in [2.75, 3.05) is 26.7 Å². The fraction of sp³-hybridized carbons (Fsp3) is 0.656. The van der Waals surface area contributed by atoms with E-state index in [1.165, 1.54) is 0 Å². The van der Waals surface area contributed by atoms with Crippen molar-refractivity contribution < 1.29 is 36.3 Å². The molecule has 1 aromatic heterocycles. The first kappa shape index (κ1) is 27.1. The number of hydrogen-bond acceptors (Lipinski definition) is 6. The molecular formula is C32H42F3N5O4. The summed E-state index contributed by atoms with van der Waals surface area (Å²) in [7, 11) is -2.70. The summed E-state index contributed by atoms with van der Waals surface area (Å²) in [6.45, 7) is 7.84. The average molecular weight is 621 g/mol. The summed E-state index contributed by atoms with van der Waals surface area (Å²) >= 11 is 0. The van der Waals surface area contributed by atoms with Crippen LogP contribution in [0.2, 0.25) is 0 Å². The molecular weight excluding hydrogens is 575 g/mol. The molecule has 2 amide bonds. The van der Waals surface area contributed by atoms with Gasteiger partial charge in [0.2, 0.25) is 5.91 Å². The molecule has 3 aliphatic heterocycles. The standard InChI is InChI=1S/C32H42F3N5O4/c1-19-23(7-6-8-26(19)43-5)29-25(40-21-11-12-22(40)17-37(16-21)30(42)44-31(2,3)4)13-14-38(29)28(41)18-39-27(32(33,34)35)15-24(36-39)20-9-10-20/h6-8,15,20-22,25,29H,9-14,16-18H2,1-5H3/t21?,22?,25-,29-/m0/s1/i5D3. The smallest absolute Gasteiger partial charge is 0.433 e. The molecule has 2 aromatic rings. The predicted molar refractivity (Wildman–Crippen MR) is 156 cm³/mol. The number of alkyl halides is 3. The summed E-state index contributed by atoms with van der Waals surface area (Å²) in [4.78, 5) is 32.8. The van der Waals surface area contributed by atoms with Crippen LogP contribution in [0.25, 0.3) is 0 Å². The fourth-order valence-corrected chi connectivity index (χ4v) is 7.34. The third-order valence-electron chi connectivity index (χ3n) is 9.38. The van der Waals surface area contributed by atoms with Crippen LogP contribution in [0, 0.1) is 6.92 Å². The van der Waals surface area contributed by atoms with Gasteiger partial charge in [0.25, 0.3) is 0 Å². The zero-order valence-electron chi connectivity index (χ0n) is 28.6. The Balaban J connectivity index is 1.32. The van der Waals surface area contributed by atoms with Gasteiger partial charge in [0, 0.05) is 43.7 Å². The molecule has 4 fully saturated rings. The molecule has 0 radical (unpaired) electrons. The first-order valence-corrected chi connectivity index (χ1v) is 15.4. The number of benzene rings is 1. The van der Waals surface area contributed by atoms with Crippen LogP contribution in [0.1, 0.15) is 91.5 Å². The van der Waals surface area contributed by atoms with Crippen molar-refractivity contribution in [2.45, 2.75) is 108 Å². The molecule has 9 nitrogen and oxygen atoms in total. The lowest BCUT2D eigenvalue weighted by molar-refractivity contribution is -0.146. The van der Waals surface area contributed by atoms with Crippen molar-refractivity contribution in [1.29, 1.82) is 0 Å². The summed E-state index contributed by atoms with van der Waals surface area (Å²) in [5, 5.41) is 4.22. The molecule has 0 spiro atoms. The number of halogens is 3. The van der Waals surface area contributed by atoms with Gasteiger partial charge in [-0.3, -0.25) is 14.4 Å². The van der Waals surface area contributed by atoms with Gasteiger partial charge in [0.05, 0.1) is 22.9 Å². The van der Waals surface area contributed by atoms with Crippen LogP contribution in [0.4, 0.5) is 18.0 Å². The molecule has 1 aliphatic carbocycles. The number of methoxy groups -OCH3 is 1. The molecule has 0 N–H and O–H groups in total. The van der Waals surface area contributed by atoms with Gasteiger partial charge in [-0.05, 0) is 83.1 Å². The molecule has 2 unspecified atom stereocenters. The Morgan fingerprint density at radius 2 is 1.77 bits per heavy atom. The van der Waals surface area contributed by atoms with E-state index in [9.17, 15) is 22.8 Å². The molecule has 4 heterocycles. The van der Waals surface area contributed by atoms with Gasteiger partial charge in [0.1, 0.15) is 23.6 Å². The van der Waals surface area contributed by atoms with Gasteiger partial charge in [0.15, 0.2) is 0 Å². The normalized spacial score (nSPS) is 27.2. The van der Waals surface area contributed by atoms with Crippen molar-refractivity contribution in [2.24, 2.45) is 0 Å². The fourth-order valence-electron chi connectivity index (χ4n) is 7.34. The van der Waals surface area contributed by atoms with Crippen LogP contribution < -0.4 is 4.74 Å². The van der Waals surface area contributed by atoms with Gasteiger partial charge < -0.3 is 19.3 Å². The van der Waals surface area contributed by atoms with Gasteiger partial charge >= 0.3 is 12.3 Å². The average Bonchev–Trinajstić information content (AvgIpc) is 3.47. The minimum Gasteiger partial charge on any atom is -0.496 e. The quantitative estimate of drug-likeness (QED) is 0.423. The van der Waals surface area contributed by atoms with Crippen molar-refractivity contribution in [3.8, 4) is 5.75 Å². The first-order valence-electron chi connectivity index (χ1n) is 16.9. The Morgan fingerprint density at radius 1 is 1.07 bits per heavy atom. The summed E-state index contributed by atoms with van der Waals surface area (Å²) in [6, 6.07) is 5.29. The number of likely N-dealkylation sites (tertiary alicyclic amines) is 2. The number of piperazine rings is 1. The largest absolute Gasteiger partial charge is 0.496 e. The van der Waals surface area contributed by atoms with Crippen LogP contribution in [-0.2, 0) is 22.3 Å². The Kier molecular flexibility index (Phi) is 6.93. The number of fused-ring (bicyclic) bond motifs is 2. The van der Waals surface area contributed by atoms with Gasteiger partial charge in [-0.15, -0.1) is 0 Å². The van der Waals surface area contributed by atoms with E-state index in [1.54, 1.807) is 28.9 Å². The molecule has 3 saturated heterocycles. The Labute approximate surface area is 260 Å². The predicted octanol–water partition coefficient (Wildman–Crippen LogP) is 5.52. The maximum atomic E-state index is 14.1. The third-order valence-corrected chi connectivity index (χ3v) is 9.38. The minimum atomic E-state index is -4.67. The summed E-state index contributed by atoms with van der Waals surface area (Å²) in [5.41, 5.74) is -0.00781. The summed E-state index contributed by atoms with van der Waals surface area (Å²) in [5.74, 6) is -0.372. The lowest BCUT2D eigenvalue weighted by Crippen LogP contribution is -2.59. The maximum absolute atomic E-state index is 14.1. The van der Waals surface area contributed by atoms with Crippen LogP contribution in [-0.4, -0.2) is 86.9 Å². The van der Waals surface area contributed by atoms with E-state index < -0.39 is 43.0 Å². The highest BCUT2D eigenvalue weighted by molar-refractivity contribution is 5.77. The van der Waals surface area contributed by atoms with Gasteiger partial charge in [-0.2, -0.15) is 18.3 Å². The Hall–Kier alpha value is -3.28. The van der Waals surface area contributed by atoms with Crippen LogP contribution >= 0.6 is 0 Å². The minimum absolute atomic E-state index is 0.00465. The Bertz CT molecular complexity index is 1510. The second-order valence-corrected chi connectivity index (χ2v) is 13.6. The van der Waals surface area contributed by atoms with Crippen molar-refractivity contribution >= 4 is 12.0 Å².